The first kappa shape index (κ1) is 18.7. The lowest BCUT2D eigenvalue weighted by Crippen LogP contribution is -2.34. The van der Waals surface area contributed by atoms with Crippen LogP contribution in [0.5, 0.6) is 0 Å². The van der Waals surface area contributed by atoms with Crippen molar-refractivity contribution in [2.75, 3.05) is 11.9 Å². The Morgan fingerprint density at radius 3 is 2.64 bits per heavy atom. The van der Waals surface area contributed by atoms with Crippen LogP contribution in [-0.2, 0) is 6.54 Å². The van der Waals surface area contributed by atoms with Gasteiger partial charge in [0, 0.05) is 12.7 Å². The fourth-order valence-corrected chi connectivity index (χ4v) is 2.37. The fraction of sp³-hybridized carbons (Fsp3) is 0.368. The second-order valence-electron chi connectivity index (χ2n) is 6.07. The van der Waals surface area contributed by atoms with Crippen LogP contribution < -0.4 is 16.2 Å². The molecule has 2 rings (SSSR count). The Hall–Kier alpha value is -2.60. The van der Waals surface area contributed by atoms with Crippen LogP contribution in [0, 0.1) is 6.92 Å². The number of carbonyl (C=O) groups excluding carboxylic acids is 1. The van der Waals surface area contributed by atoms with Crippen LogP contribution in [0.15, 0.2) is 47.4 Å². The summed E-state index contributed by atoms with van der Waals surface area (Å²) in [6.45, 7) is 4.69. The standard InChI is InChI=1S/C19H25N3O3/c1-3-16(23)10-11-20-19(25)21-17-5-4-12-22(18(17)24)13-15-8-6-14(2)7-9-15/h4-9,12,16,23H,3,10-11,13H2,1-2H3,(H2,20,21,25). The molecule has 0 saturated heterocycles. The summed E-state index contributed by atoms with van der Waals surface area (Å²) < 4.78 is 1.56. The lowest BCUT2D eigenvalue weighted by molar-refractivity contribution is 0.160. The van der Waals surface area contributed by atoms with Crippen molar-refractivity contribution in [2.24, 2.45) is 0 Å². The van der Waals surface area contributed by atoms with E-state index >= 15 is 0 Å². The van der Waals surface area contributed by atoms with Gasteiger partial charge in [0.15, 0.2) is 0 Å². The van der Waals surface area contributed by atoms with Gasteiger partial charge in [0.1, 0.15) is 5.69 Å². The maximum Gasteiger partial charge on any atom is 0.319 e. The van der Waals surface area contributed by atoms with Crippen molar-refractivity contribution in [2.45, 2.75) is 39.3 Å². The highest BCUT2D eigenvalue weighted by Gasteiger charge is 2.08. The molecule has 1 aromatic heterocycles. The van der Waals surface area contributed by atoms with Crippen molar-refractivity contribution < 1.29 is 9.90 Å². The number of nitrogens with one attached hydrogen (secondary N) is 2. The van der Waals surface area contributed by atoms with E-state index in [0.717, 1.165) is 11.1 Å². The Morgan fingerprint density at radius 1 is 1.24 bits per heavy atom. The minimum absolute atomic E-state index is 0.225. The van der Waals surface area contributed by atoms with Gasteiger partial charge in [-0.15, -0.1) is 0 Å². The number of amides is 2. The number of hydrogen-bond acceptors (Lipinski definition) is 3. The van der Waals surface area contributed by atoms with Crippen LogP contribution in [0.4, 0.5) is 10.5 Å². The van der Waals surface area contributed by atoms with Gasteiger partial charge < -0.3 is 20.3 Å². The maximum absolute atomic E-state index is 12.5. The van der Waals surface area contributed by atoms with E-state index in [9.17, 15) is 14.7 Å². The molecule has 3 N–H and O–H groups in total. The SMILES string of the molecule is CCC(O)CCNC(=O)Nc1cccn(Cc2ccc(C)cc2)c1=O. The van der Waals surface area contributed by atoms with Gasteiger partial charge in [-0.05, 0) is 37.5 Å². The van der Waals surface area contributed by atoms with Crippen LogP contribution in [0.1, 0.15) is 30.9 Å². The number of hydrogen-bond donors (Lipinski definition) is 3. The zero-order valence-electron chi connectivity index (χ0n) is 14.7. The summed E-state index contributed by atoms with van der Waals surface area (Å²) in [6.07, 6.45) is 2.40. The monoisotopic (exact) mass is 343 g/mol. The molecule has 6 heteroatoms. The molecule has 0 aliphatic heterocycles. The molecule has 6 nitrogen and oxygen atoms in total. The molecule has 0 aliphatic rings. The minimum atomic E-state index is -0.450. The molecule has 0 bridgehead atoms. The second kappa shape index (κ2) is 9.03. The summed E-state index contributed by atoms with van der Waals surface area (Å²) in [6, 6.07) is 10.8. The molecule has 1 heterocycles. The van der Waals surface area contributed by atoms with Gasteiger partial charge in [0.25, 0.3) is 5.56 Å². The quantitative estimate of drug-likeness (QED) is 0.722. The van der Waals surface area contributed by atoms with Crippen molar-refractivity contribution in [3.8, 4) is 0 Å². The normalized spacial score (nSPS) is 11.8. The van der Waals surface area contributed by atoms with E-state index in [0.29, 0.717) is 25.9 Å². The fourth-order valence-electron chi connectivity index (χ4n) is 2.37. The summed E-state index contributed by atoms with van der Waals surface area (Å²) in [7, 11) is 0. The number of aryl methyl sites for hydroxylation is 1. The summed E-state index contributed by atoms with van der Waals surface area (Å²) in [5.74, 6) is 0. The van der Waals surface area contributed by atoms with Gasteiger partial charge in [-0.3, -0.25) is 4.79 Å². The van der Waals surface area contributed by atoms with Gasteiger partial charge >= 0.3 is 6.03 Å². The van der Waals surface area contributed by atoms with Crippen molar-refractivity contribution >= 4 is 11.7 Å². The van der Waals surface area contributed by atoms with E-state index in [1.54, 1.807) is 22.9 Å². The van der Waals surface area contributed by atoms with Crippen molar-refractivity contribution in [1.29, 1.82) is 0 Å². The number of aromatic nitrogens is 1. The zero-order chi connectivity index (χ0) is 18.2. The van der Waals surface area contributed by atoms with Crippen LogP contribution in [0.3, 0.4) is 0 Å². The highest BCUT2D eigenvalue weighted by molar-refractivity contribution is 5.88. The molecule has 0 spiro atoms. The molecular weight excluding hydrogens is 318 g/mol. The molecule has 1 unspecified atom stereocenters. The van der Waals surface area contributed by atoms with Gasteiger partial charge in [0.2, 0.25) is 0 Å². The minimum Gasteiger partial charge on any atom is -0.393 e. The first-order chi connectivity index (χ1) is 12.0. The lowest BCUT2D eigenvalue weighted by Gasteiger charge is -2.11. The molecule has 134 valence electrons. The Morgan fingerprint density at radius 2 is 1.96 bits per heavy atom. The summed E-state index contributed by atoms with van der Waals surface area (Å²) >= 11 is 0. The van der Waals surface area contributed by atoms with Crippen molar-refractivity contribution in [1.82, 2.24) is 9.88 Å². The molecule has 0 saturated carbocycles. The number of aliphatic hydroxyl groups excluding tert-OH is 1. The Labute approximate surface area is 147 Å². The predicted molar refractivity (Wildman–Crippen MR) is 98.9 cm³/mol. The largest absolute Gasteiger partial charge is 0.393 e. The van der Waals surface area contributed by atoms with E-state index in [-0.39, 0.29) is 11.2 Å². The number of pyridine rings is 1. The maximum atomic E-state index is 12.5. The molecule has 25 heavy (non-hydrogen) atoms. The topological polar surface area (TPSA) is 83.4 Å². The van der Waals surface area contributed by atoms with Gasteiger partial charge in [-0.1, -0.05) is 36.8 Å². The first-order valence-electron chi connectivity index (χ1n) is 8.47. The van der Waals surface area contributed by atoms with Crippen LogP contribution in [0.2, 0.25) is 0 Å². The number of nitrogens with zero attached hydrogens (tertiary/aromatic N) is 1. The molecular formula is C19H25N3O3. The van der Waals surface area contributed by atoms with Crippen LogP contribution in [-0.4, -0.2) is 28.4 Å². The van der Waals surface area contributed by atoms with Crippen molar-refractivity contribution in [3.63, 3.8) is 0 Å². The number of benzene rings is 1. The number of rotatable bonds is 7. The van der Waals surface area contributed by atoms with Gasteiger partial charge in [0.05, 0.1) is 12.6 Å². The number of anilines is 1. The average Bonchev–Trinajstić information content (AvgIpc) is 2.60. The highest BCUT2D eigenvalue weighted by Crippen LogP contribution is 2.06. The summed E-state index contributed by atoms with van der Waals surface area (Å²) in [5, 5.41) is 14.7. The molecule has 0 radical (unpaired) electrons. The highest BCUT2D eigenvalue weighted by atomic mass is 16.3. The molecule has 1 aromatic carbocycles. The molecule has 0 fully saturated rings. The van der Waals surface area contributed by atoms with Crippen LogP contribution >= 0.6 is 0 Å². The van der Waals surface area contributed by atoms with E-state index in [4.69, 9.17) is 0 Å². The third-order valence-electron chi connectivity index (χ3n) is 3.98. The molecule has 1 atom stereocenters. The number of urea groups is 1. The average molecular weight is 343 g/mol. The van der Waals surface area contributed by atoms with Crippen LogP contribution in [0.25, 0.3) is 0 Å². The van der Waals surface area contributed by atoms with Gasteiger partial charge in [-0.25, -0.2) is 4.79 Å². The second-order valence-corrected chi connectivity index (χ2v) is 6.07. The Balaban J connectivity index is 1.99. The van der Waals surface area contributed by atoms with Crippen molar-refractivity contribution in [3.05, 3.63) is 64.1 Å². The smallest absolute Gasteiger partial charge is 0.319 e. The third-order valence-corrected chi connectivity index (χ3v) is 3.98. The van der Waals surface area contributed by atoms with E-state index < -0.39 is 12.1 Å². The Kier molecular flexibility index (Phi) is 6.77. The summed E-state index contributed by atoms with van der Waals surface area (Å²) in [5.41, 5.74) is 2.15. The predicted octanol–water partition coefficient (Wildman–Crippen LogP) is 2.49. The lowest BCUT2D eigenvalue weighted by atomic mass is 10.1. The molecule has 2 aromatic rings. The third kappa shape index (κ3) is 5.76. The van der Waals surface area contributed by atoms with E-state index in [2.05, 4.69) is 10.6 Å². The first-order valence-corrected chi connectivity index (χ1v) is 8.47. The molecule has 0 aliphatic carbocycles. The number of aliphatic hydroxyl groups is 1. The molecule has 2 amide bonds. The van der Waals surface area contributed by atoms with E-state index in [1.807, 2.05) is 38.1 Å². The zero-order valence-corrected chi connectivity index (χ0v) is 14.7. The number of carbonyl (C=O) groups is 1. The van der Waals surface area contributed by atoms with E-state index in [1.165, 1.54) is 0 Å². The summed E-state index contributed by atoms with van der Waals surface area (Å²) in [4.78, 5) is 24.4. The Bertz CT molecular complexity index is 753. The van der Waals surface area contributed by atoms with Gasteiger partial charge in [-0.2, -0.15) is 0 Å².